The maximum atomic E-state index is 12.5. The van der Waals surface area contributed by atoms with Gasteiger partial charge in [-0.2, -0.15) is 0 Å². The van der Waals surface area contributed by atoms with Gasteiger partial charge in [-0.1, -0.05) is 18.2 Å². The zero-order chi connectivity index (χ0) is 20.9. The highest BCUT2D eigenvalue weighted by Crippen LogP contribution is 2.12. The zero-order valence-corrected chi connectivity index (χ0v) is 17.0. The summed E-state index contributed by atoms with van der Waals surface area (Å²) in [5.41, 5.74) is 1.88. The average Bonchev–Trinajstić information content (AvgIpc) is 2.73. The number of benzene rings is 1. The fourth-order valence-corrected chi connectivity index (χ4v) is 2.67. The lowest BCUT2D eigenvalue weighted by Gasteiger charge is -2.10. The van der Waals surface area contributed by atoms with Gasteiger partial charge in [0.2, 0.25) is 0 Å². The number of esters is 1. The minimum atomic E-state index is -0.377. The van der Waals surface area contributed by atoms with E-state index in [-0.39, 0.29) is 24.0 Å². The second-order valence-corrected chi connectivity index (χ2v) is 6.19. The summed E-state index contributed by atoms with van der Waals surface area (Å²) in [7, 11) is 0. The first-order valence-electron chi connectivity index (χ1n) is 9.81. The van der Waals surface area contributed by atoms with E-state index in [1.165, 1.54) is 6.20 Å². The van der Waals surface area contributed by atoms with E-state index in [0.717, 1.165) is 11.3 Å². The molecule has 1 aromatic carbocycles. The number of nitrogens with one attached hydrogen (secondary N) is 1. The van der Waals surface area contributed by atoms with Gasteiger partial charge in [0.15, 0.2) is 0 Å². The minimum absolute atomic E-state index is 0.0230. The molecule has 2 rings (SSSR count). The van der Waals surface area contributed by atoms with Crippen LogP contribution in [0.2, 0.25) is 0 Å². The first kappa shape index (κ1) is 22.4. The topological polar surface area (TPSA) is 86.8 Å². The SMILES string of the molecule is CCOCCOc1ccc(CCNC(=O)c2ncccc2CC(=O)OCC)cc1. The van der Waals surface area contributed by atoms with Crippen molar-refractivity contribution in [1.29, 1.82) is 0 Å². The predicted octanol–water partition coefficient (Wildman–Crippen LogP) is 2.58. The summed E-state index contributed by atoms with van der Waals surface area (Å²) in [6, 6.07) is 11.1. The fraction of sp³-hybridized carbons (Fsp3) is 0.409. The third kappa shape index (κ3) is 7.91. The molecule has 1 heterocycles. The quantitative estimate of drug-likeness (QED) is 0.435. The Bertz CT molecular complexity index is 777. The van der Waals surface area contributed by atoms with Gasteiger partial charge < -0.3 is 19.5 Å². The second kappa shape index (κ2) is 12.5. The van der Waals surface area contributed by atoms with Crippen molar-refractivity contribution in [3.8, 4) is 5.75 Å². The molecule has 0 radical (unpaired) electrons. The van der Waals surface area contributed by atoms with Crippen LogP contribution in [0.15, 0.2) is 42.6 Å². The van der Waals surface area contributed by atoms with E-state index < -0.39 is 0 Å². The third-order valence-electron chi connectivity index (χ3n) is 4.07. The van der Waals surface area contributed by atoms with Gasteiger partial charge in [0.25, 0.3) is 5.91 Å². The van der Waals surface area contributed by atoms with Gasteiger partial charge in [-0.3, -0.25) is 14.6 Å². The molecule has 1 aromatic heterocycles. The monoisotopic (exact) mass is 400 g/mol. The van der Waals surface area contributed by atoms with Gasteiger partial charge in [0, 0.05) is 19.3 Å². The molecule has 7 nitrogen and oxygen atoms in total. The van der Waals surface area contributed by atoms with Crippen LogP contribution >= 0.6 is 0 Å². The van der Waals surface area contributed by atoms with Crippen molar-refractivity contribution in [3.05, 3.63) is 59.4 Å². The highest BCUT2D eigenvalue weighted by molar-refractivity contribution is 5.94. The molecule has 0 aliphatic carbocycles. The Hall–Kier alpha value is -2.93. The summed E-state index contributed by atoms with van der Waals surface area (Å²) >= 11 is 0. The van der Waals surface area contributed by atoms with E-state index in [1.54, 1.807) is 19.1 Å². The van der Waals surface area contributed by atoms with Crippen LogP contribution < -0.4 is 10.1 Å². The normalized spacial score (nSPS) is 10.4. The number of carbonyl (C=O) groups excluding carboxylic acids is 2. The van der Waals surface area contributed by atoms with Crippen molar-refractivity contribution >= 4 is 11.9 Å². The number of pyridine rings is 1. The Morgan fingerprint density at radius 3 is 2.55 bits per heavy atom. The van der Waals surface area contributed by atoms with Crippen molar-refractivity contribution < 1.29 is 23.8 Å². The van der Waals surface area contributed by atoms with Crippen LogP contribution in [-0.2, 0) is 27.1 Å². The smallest absolute Gasteiger partial charge is 0.310 e. The van der Waals surface area contributed by atoms with Gasteiger partial charge in [-0.05, 0) is 49.6 Å². The first-order valence-corrected chi connectivity index (χ1v) is 9.81. The Morgan fingerprint density at radius 1 is 1.03 bits per heavy atom. The van der Waals surface area contributed by atoms with Crippen molar-refractivity contribution in [2.45, 2.75) is 26.7 Å². The van der Waals surface area contributed by atoms with Crippen LogP contribution in [0.5, 0.6) is 5.75 Å². The molecule has 1 amide bonds. The Kier molecular flexibility index (Phi) is 9.65. The molecule has 29 heavy (non-hydrogen) atoms. The predicted molar refractivity (Wildman–Crippen MR) is 109 cm³/mol. The maximum Gasteiger partial charge on any atom is 0.310 e. The molecule has 7 heteroatoms. The van der Waals surface area contributed by atoms with Crippen molar-refractivity contribution in [2.75, 3.05) is 33.0 Å². The number of aromatic nitrogens is 1. The van der Waals surface area contributed by atoms with E-state index >= 15 is 0 Å². The van der Waals surface area contributed by atoms with Gasteiger partial charge in [0.1, 0.15) is 18.1 Å². The van der Waals surface area contributed by atoms with Crippen molar-refractivity contribution in [3.63, 3.8) is 0 Å². The molecule has 0 fully saturated rings. The number of amides is 1. The summed E-state index contributed by atoms with van der Waals surface area (Å²) < 4.78 is 15.8. The lowest BCUT2D eigenvalue weighted by molar-refractivity contribution is -0.142. The number of hydrogen-bond acceptors (Lipinski definition) is 6. The second-order valence-electron chi connectivity index (χ2n) is 6.19. The molecule has 0 saturated carbocycles. The summed E-state index contributed by atoms with van der Waals surface area (Å²) in [6.07, 6.45) is 2.23. The standard InChI is InChI=1S/C22H28N2O5/c1-3-27-14-15-29-19-9-7-17(8-10-19)11-13-24-22(26)21-18(6-5-12-23-21)16-20(25)28-4-2/h5-10,12H,3-4,11,13-16H2,1-2H3,(H,24,26). The highest BCUT2D eigenvalue weighted by Gasteiger charge is 2.15. The van der Waals surface area contributed by atoms with Gasteiger partial charge in [-0.25, -0.2) is 0 Å². The van der Waals surface area contributed by atoms with E-state index in [9.17, 15) is 9.59 Å². The average molecular weight is 400 g/mol. The molecular weight excluding hydrogens is 372 g/mol. The largest absolute Gasteiger partial charge is 0.491 e. The van der Waals surface area contributed by atoms with Crippen LogP contribution in [0, 0.1) is 0 Å². The first-order chi connectivity index (χ1) is 14.1. The van der Waals surface area contributed by atoms with E-state index in [0.29, 0.717) is 45.0 Å². The Balaban J connectivity index is 1.82. The fourth-order valence-electron chi connectivity index (χ4n) is 2.67. The summed E-state index contributed by atoms with van der Waals surface area (Å²) in [6.45, 7) is 6.21. The molecule has 0 bridgehead atoms. The van der Waals surface area contributed by atoms with Crippen LogP contribution in [0.1, 0.15) is 35.5 Å². The lowest BCUT2D eigenvalue weighted by atomic mass is 10.1. The van der Waals surface area contributed by atoms with Crippen LogP contribution in [0.4, 0.5) is 0 Å². The summed E-state index contributed by atoms with van der Waals surface area (Å²) in [5.74, 6) is 0.105. The Morgan fingerprint density at radius 2 is 1.83 bits per heavy atom. The summed E-state index contributed by atoms with van der Waals surface area (Å²) in [5, 5.41) is 2.85. The molecule has 0 aliphatic heterocycles. The van der Waals surface area contributed by atoms with Gasteiger partial charge in [-0.15, -0.1) is 0 Å². The number of nitrogens with zero attached hydrogens (tertiary/aromatic N) is 1. The molecule has 0 unspecified atom stereocenters. The third-order valence-corrected chi connectivity index (χ3v) is 4.07. The minimum Gasteiger partial charge on any atom is -0.491 e. The molecular formula is C22H28N2O5. The number of carbonyl (C=O) groups is 2. The van der Waals surface area contributed by atoms with E-state index in [2.05, 4.69) is 10.3 Å². The molecule has 0 spiro atoms. The molecule has 0 aliphatic rings. The van der Waals surface area contributed by atoms with Gasteiger partial charge >= 0.3 is 5.97 Å². The van der Waals surface area contributed by atoms with Crippen molar-refractivity contribution in [2.24, 2.45) is 0 Å². The summed E-state index contributed by atoms with van der Waals surface area (Å²) in [4.78, 5) is 28.3. The Labute approximate surface area is 171 Å². The highest BCUT2D eigenvalue weighted by atomic mass is 16.5. The van der Waals surface area contributed by atoms with Crippen LogP contribution in [0.25, 0.3) is 0 Å². The molecule has 0 saturated heterocycles. The number of ether oxygens (including phenoxy) is 3. The molecule has 156 valence electrons. The lowest BCUT2D eigenvalue weighted by Crippen LogP contribution is -2.28. The van der Waals surface area contributed by atoms with Crippen molar-refractivity contribution in [1.82, 2.24) is 10.3 Å². The van der Waals surface area contributed by atoms with E-state index in [1.807, 2.05) is 31.2 Å². The van der Waals surface area contributed by atoms with Crippen LogP contribution in [0.3, 0.4) is 0 Å². The number of rotatable bonds is 12. The molecule has 1 N–H and O–H groups in total. The molecule has 0 atom stereocenters. The molecule has 2 aromatic rings. The van der Waals surface area contributed by atoms with Gasteiger partial charge in [0.05, 0.1) is 19.6 Å². The maximum absolute atomic E-state index is 12.5. The number of hydrogen-bond donors (Lipinski definition) is 1. The van der Waals surface area contributed by atoms with E-state index in [4.69, 9.17) is 14.2 Å². The van der Waals surface area contributed by atoms with Crippen LogP contribution in [-0.4, -0.2) is 49.8 Å². The zero-order valence-electron chi connectivity index (χ0n) is 17.0.